The molecule has 28 heavy (non-hydrogen) atoms. The van der Waals surface area contributed by atoms with E-state index < -0.39 is 0 Å². The molecule has 1 aliphatic heterocycles. The predicted molar refractivity (Wildman–Crippen MR) is 106 cm³/mol. The lowest BCUT2D eigenvalue weighted by Gasteiger charge is -2.35. The van der Waals surface area contributed by atoms with Crippen molar-refractivity contribution in [2.24, 2.45) is 11.8 Å². The van der Waals surface area contributed by atoms with Gasteiger partial charge in [-0.05, 0) is 62.1 Å². The minimum atomic E-state index is 0.0113. The highest BCUT2D eigenvalue weighted by Crippen LogP contribution is 2.36. The lowest BCUT2D eigenvalue weighted by atomic mass is 9.77. The van der Waals surface area contributed by atoms with Crippen molar-refractivity contribution in [2.75, 3.05) is 6.54 Å². The first-order valence-corrected chi connectivity index (χ1v) is 10.9. The standard InChI is InChI=1S/C22H30N4O2/c27-21(24-17-8-9-17)15-6-4-14(5-7-15)13-26(18-10-11-18)22(28)19-3-1-2-16-12-23-25-20(16)19/h4-7,16-20,23,25H,1-3,8-13H2,(H,24,27). The molecule has 1 aromatic rings. The summed E-state index contributed by atoms with van der Waals surface area (Å²) in [6.07, 6.45) is 7.75. The van der Waals surface area contributed by atoms with Gasteiger partial charge in [-0.15, -0.1) is 0 Å². The first kappa shape index (κ1) is 18.1. The fraction of sp³-hybridized carbons (Fsp3) is 0.636. The molecule has 0 spiro atoms. The van der Waals surface area contributed by atoms with Crippen molar-refractivity contribution >= 4 is 11.8 Å². The number of nitrogens with one attached hydrogen (secondary N) is 3. The van der Waals surface area contributed by atoms with E-state index in [1.165, 1.54) is 6.42 Å². The number of hydrogen-bond donors (Lipinski definition) is 3. The number of benzene rings is 1. The summed E-state index contributed by atoms with van der Waals surface area (Å²) >= 11 is 0. The van der Waals surface area contributed by atoms with Crippen LogP contribution >= 0.6 is 0 Å². The van der Waals surface area contributed by atoms with Crippen molar-refractivity contribution in [3.63, 3.8) is 0 Å². The van der Waals surface area contributed by atoms with Crippen LogP contribution in [0.15, 0.2) is 24.3 Å². The smallest absolute Gasteiger partial charge is 0.251 e. The molecule has 3 unspecified atom stereocenters. The predicted octanol–water partition coefficient (Wildman–Crippen LogP) is 1.96. The lowest BCUT2D eigenvalue weighted by molar-refractivity contribution is -0.139. The number of nitrogens with zero attached hydrogens (tertiary/aromatic N) is 1. The minimum absolute atomic E-state index is 0.0113. The summed E-state index contributed by atoms with van der Waals surface area (Å²) in [5.41, 5.74) is 8.43. The zero-order valence-corrected chi connectivity index (χ0v) is 16.3. The lowest BCUT2D eigenvalue weighted by Crippen LogP contribution is -2.49. The van der Waals surface area contributed by atoms with Crippen LogP contribution in [-0.2, 0) is 11.3 Å². The molecule has 2 amide bonds. The largest absolute Gasteiger partial charge is 0.349 e. The van der Waals surface area contributed by atoms with E-state index in [1.54, 1.807) is 0 Å². The summed E-state index contributed by atoms with van der Waals surface area (Å²) in [4.78, 5) is 27.7. The third kappa shape index (κ3) is 3.80. The molecule has 3 N–H and O–H groups in total. The van der Waals surface area contributed by atoms with E-state index in [2.05, 4.69) is 21.1 Å². The third-order valence-corrected chi connectivity index (χ3v) is 6.73. The number of carbonyl (C=O) groups is 2. The Kier molecular flexibility index (Phi) is 4.85. The Hall–Kier alpha value is -1.92. The van der Waals surface area contributed by atoms with Gasteiger partial charge in [-0.3, -0.25) is 20.4 Å². The van der Waals surface area contributed by atoms with Gasteiger partial charge in [0, 0.05) is 36.8 Å². The Morgan fingerprint density at radius 3 is 2.54 bits per heavy atom. The maximum atomic E-state index is 13.4. The van der Waals surface area contributed by atoms with Crippen molar-refractivity contribution in [2.45, 2.75) is 69.6 Å². The number of hydrogen-bond acceptors (Lipinski definition) is 4. The highest BCUT2D eigenvalue weighted by atomic mass is 16.2. The first-order valence-electron chi connectivity index (χ1n) is 10.9. The monoisotopic (exact) mass is 382 g/mol. The van der Waals surface area contributed by atoms with Gasteiger partial charge in [0.2, 0.25) is 5.91 Å². The zero-order chi connectivity index (χ0) is 19.1. The molecule has 1 heterocycles. The van der Waals surface area contributed by atoms with Crippen molar-refractivity contribution in [1.82, 2.24) is 21.1 Å². The van der Waals surface area contributed by atoms with Crippen molar-refractivity contribution in [3.8, 4) is 0 Å². The van der Waals surface area contributed by atoms with Crippen LogP contribution in [-0.4, -0.2) is 41.4 Å². The maximum absolute atomic E-state index is 13.4. The minimum Gasteiger partial charge on any atom is -0.349 e. The Balaban J connectivity index is 1.26. The Morgan fingerprint density at radius 1 is 1.04 bits per heavy atom. The molecule has 150 valence electrons. The van der Waals surface area contributed by atoms with Crippen LogP contribution in [0.3, 0.4) is 0 Å². The molecular formula is C22H30N4O2. The van der Waals surface area contributed by atoms with Gasteiger partial charge in [0.15, 0.2) is 0 Å². The Morgan fingerprint density at radius 2 is 1.82 bits per heavy atom. The van der Waals surface area contributed by atoms with Gasteiger partial charge >= 0.3 is 0 Å². The van der Waals surface area contributed by atoms with Crippen LogP contribution < -0.4 is 16.2 Å². The fourth-order valence-electron chi connectivity index (χ4n) is 4.76. The topological polar surface area (TPSA) is 73.5 Å². The molecular weight excluding hydrogens is 352 g/mol. The number of hydrazine groups is 1. The van der Waals surface area contributed by atoms with Gasteiger partial charge in [-0.1, -0.05) is 18.6 Å². The van der Waals surface area contributed by atoms with Crippen LogP contribution in [0, 0.1) is 11.8 Å². The quantitative estimate of drug-likeness (QED) is 0.703. The summed E-state index contributed by atoms with van der Waals surface area (Å²) in [6.45, 7) is 1.62. The molecule has 4 aliphatic rings. The van der Waals surface area contributed by atoms with Crippen LogP contribution in [0.25, 0.3) is 0 Å². The number of fused-ring (bicyclic) bond motifs is 1. The van der Waals surface area contributed by atoms with E-state index in [-0.39, 0.29) is 17.9 Å². The van der Waals surface area contributed by atoms with E-state index in [4.69, 9.17) is 0 Å². The maximum Gasteiger partial charge on any atom is 0.251 e. The first-order chi connectivity index (χ1) is 13.7. The number of carbonyl (C=O) groups excluding carboxylic acids is 2. The van der Waals surface area contributed by atoms with Crippen molar-refractivity contribution < 1.29 is 9.59 Å². The molecule has 6 heteroatoms. The second kappa shape index (κ2) is 7.48. The van der Waals surface area contributed by atoms with Gasteiger partial charge in [0.1, 0.15) is 0 Å². The van der Waals surface area contributed by atoms with E-state index in [0.717, 1.165) is 50.6 Å². The van der Waals surface area contributed by atoms with E-state index in [9.17, 15) is 9.59 Å². The summed E-state index contributed by atoms with van der Waals surface area (Å²) in [7, 11) is 0. The van der Waals surface area contributed by atoms with Gasteiger partial charge < -0.3 is 10.2 Å². The second-order valence-corrected chi connectivity index (χ2v) is 8.99. The fourth-order valence-corrected chi connectivity index (χ4v) is 4.76. The Bertz CT molecular complexity index is 741. The summed E-state index contributed by atoms with van der Waals surface area (Å²) in [5.74, 6) is 0.979. The van der Waals surface area contributed by atoms with Crippen molar-refractivity contribution in [1.29, 1.82) is 0 Å². The normalized spacial score (nSPS) is 29.2. The molecule has 3 aliphatic carbocycles. The van der Waals surface area contributed by atoms with Crippen LogP contribution in [0.2, 0.25) is 0 Å². The molecule has 0 bridgehead atoms. The highest BCUT2D eigenvalue weighted by Gasteiger charge is 2.44. The highest BCUT2D eigenvalue weighted by molar-refractivity contribution is 5.94. The third-order valence-electron chi connectivity index (χ3n) is 6.73. The molecule has 4 fully saturated rings. The molecule has 0 radical (unpaired) electrons. The SMILES string of the molecule is O=C(NC1CC1)c1ccc(CN(C(=O)C2CCCC3CNNC32)C2CC2)cc1. The average Bonchev–Trinajstić information content (AvgIpc) is 3.65. The zero-order valence-electron chi connectivity index (χ0n) is 16.3. The molecule has 0 aromatic heterocycles. The summed E-state index contributed by atoms with van der Waals surface area (Å²) < 4.78 is 0. The van der Waals surface area contributed by atoms with Gasteiger partial charge in [0.05, 0.1) is 5.92 Å². The van der Waals surface area contributed by atoms with Crippen LogP contribution in [0.4, 0.5) is 0 Å². The average molecular weight is 383 g/mol. The van der Waals surface area contributed by atoms with E-state index in [0.29, 0.717) is 36.0 Å². The van der Waals surface area contributed by atoms with E-state index in [1.807, 2.05) is 24.3 Å². The molecule has 1 saturated heterocycles. The summed E-state index contributed by atoms with van der Waals surface area (Å²) in [5, 5.41) is 3.02. The van der Waals surface area contributed by atoms with Gasteiger partial charge in [-0.25, -0.2) is 0 Å². The summed E-state index contributed by atoms with van der Waals surface area (Å²) in [6, 6.07) is 8.82. The van der Waals surface area contributed by atoms with E-state index >= 15 is 0 Å². The molecule has 6 nitrogen and oxygen atoms in total. The number of amides is 2. The van der Waals surface area contributed by atoms with Crippen molar-refractivity contribution in [3.05, 3.63) is 35.4 Å². The van der Waals surface area contributed by atoms with Gasteiger partial charge in [-0.2, -0.15) is 0 Å². The molecule has 3 saturated carbocycles. The second-order valence-electron chi connectivity index (χ2n) is 8.99. The molecule has 1 aromatic carbocycles. The van der Waals surface area contributed by atoms with Gasteiger partial charge in [0.25, 0.3) is 5.91 Å². The van der Waals surface area contributed by atoms with Crippen LogP contribution in [0.5, 0.6) is 0 Å². The molecule has 5 rings (SSSR count). The Labute approximate surface area is 166 Å². The molecule has 3 atom stereocenters. The van der Waals surface area contributed by atoms with Crippen LogP contribution in [0.1, 0.15) is 60.9 Å². The number of rotatable bonds is 6.